The molecule has 9 nitrogen and oxygen atoms in total. The molecular weight excluding hydrogens is 552 g/mol. The predicted molar refractivity (Wildman–Crippen MR) is 151 cm³/mol. The molecule has 0 spiro atoms. The fourth-order valence-electron chi connectivity index (χ4n) is 4.37. The van der Waals surface area contributed by atoms with Gasteiger partial charge < -0.3 is 16.1 Å². The summed E-state index contributed by atoms with van der Waals surface area (Å²) in [6.07, 6.45) is 6.56. The minimum Gasteiger partial charge on any atom is -0.373 e. The van der Waals surface area contributed by atoms with Gasteiger partial charge in [0.25, 0.3) is 0 Å². The van der Waals surface area contributed by atoms with Gasteiger partial charge in [-0.3, -0.25) is 9.99 Å². The van der Waals surface area contributed by atoms with Gasteiger partial charge >= 0.3 is 0 Å². The lowest BCUT2D eigenvalue weighted by Gasteiger charge is -2.22. The first-order chi connectivity index (χ1) is 19.8. The van der Waals surface area contributed by atoms with Crippen LogP contribution in [0.4, 0.5) is 21.5 Å². The number of nitrogens with one attached hydrogen (secondary N) is 4. The lowest BCUT2D eigenvalue weighted by Crippen LogP contribution is -2.38. The quantitative estimate of drug-likeness (QED) is 0.196. The molecule has 40 heavy (non-hydrogen) atoms. The molecule has 2 aliphatic rings. The first-order valence-corrected chi connectivity index (χ1v) is 13.0. The molecule has 4 N–H and O–H groups in total. The van der Waals surface area contributed by atoms with E-state index >= 15 is 0 Å². The Morgan fingerprint density at radius 3 is 2.65 bits per heavy atom. The Labute approximate surface area is 240 Å². The predicted octanol–water partition coefficient (Wildman–Crippen LogP) is 6.04. The third-order valence-corrected chi connectivity index (χ3v) is 7.01. The van der Waals surface area contributed by atoms with Gasteiger partial charge in [-0.15, -0.1) is 5.53 Å². The summed E-state index contributed by atoms with van der Waals surface area (Å²) >= 11 is 12.6. The van der Waals surface area contributed by atoms with Crippen LogP contribution in [-0.2, 0) is 0 Å². The van der Waals surface area contributed by atoms with Crippen molar-refractivity contribution in [1.82, 2.24) is 25.9 Å². The Morgan fingerprint density at radius 1 is 1.07 bits per heavy atom. The van der Waals surface area contributed by atoms with E-state index in [1.165, 1.54) is 18.5 Å². The number of nitriles is 2. The molecule has 1 aliphatic heterocycles. The maximum absolute atomic E-state index is 13.7. The summed E-state index contributed by atoms with van der Waals surface area (Å²) in [5, 5.41) is 28.2. The van der Waals surface area contributed by atoms with Gasteiger partial charge in [-0.05, 0) is 48.7 Å². The summed E-state index contributed by atoms with van der Waals surface area (Å²) < 4.78 is 23.3. The van der Waals surface area contributed by atoms with E-state index in [1.807, 2.05) is 11.2 Å². The third kappa shape index (κ3) is 5.04. The van der Waals surface area contributed by atoms with Crippen LogP contribution >= 0.6 is 23.2 Å². The second-order valence-corrected chi connectivity index (χ2v) is 10.1. The van der Waals surface area contributed by atoms with E-state index in [-0.39, 0.29) is 15.6 Å². The summed E-state index contributed by atoms with van der Waals surface area (Å²) in [6.45, 7) is 0. The molecule has 1 aliphatic carbocycles. The minimum absolute atomic E-state index is 0.183. The number of fused-ring (bicyclic) bond motifs is 1. The maximum atomic E-state index is 13.7. The second-order valence-electron chi connectivity index (χ2n) is 9.25. The van der Waals surface area contributed by atoms with Crippen LogP contribution in [0, 0.1) is 28.6 Å². The van der Waals surface area contributed by atoms with Crippen LogP contribution < -0.4 is 21.6 Å². The van der Waals surface area contributed by atoms with Crippen LogP contribution in [-0.4, -0.2) is 21.0 Å². The van der Waals surface area contributed by atoms with Crippen LogP contribution in [0.15, 0.2) is 66.8 Å². The third-order valence-electron chi connectivity index (χ3n) is 6.46. The molecule has 0 radical (unpaired) electrons. The van der Waals surface area contributed by atoms with E-state index in [1.54, 1.807) is 36.4 Å². The number of nitrogens with zero attached hydrogens (tertiary/aromatic N) is 5. The highest BCUT2D eigenvalue weighted by molar-refractivity contribution is 6.36. The SMILES string of the molecule is [2H][C@@](Nc1cc(Cl)c2ncc(C#N)c(Nc3cnc(F)c(Cl)c3)c2c1)(C1=CN(C2CC2)NN1)c1cccc(C#N)c1. The van der Waals surface area contributed by atoms with Gasteiger partial charge in [-0.25, -0.2) is 4.98 Å². The fraction of sp³-hybridized carbons (Fsp3) is 0.143. The molecular formula is C28H20Cl2FN9. The first-order valence-electron chi connectivity index (χ1n) is 12.7. The van der Waals surface area contributed by atoms with Gasteiger partial charge in [-0.2, -0.15) is 14.9 Å². The van der Waals surface area contributed by atoms with Crippen molar-refractivity contribution in [2.24, 2.45) is 0 Å². The molecule has 2 aromatic heterocycles. The van der Waals surface area contributed by atoms with Crippen molar-refractivity contribution in [3.05, 3.63) is 99.4 Å². The molecule has 4 aromatic rings. The number of aromatic nitrogens is 2. The van der Waals surface area contributed by atoms with Crippen LogP contribution in [0.1, 0.15) is 36.9 Å². The van der Waals surface area contributed by atoms with Crippen molar-refractivity contribution in [3.8, 4) is 12.1 Å². The van der Waals surface area contributed by atoms with Crippen molar-refractivity contribution in [1.29, 1.82) is 10.5 Å². The van der Waals surface area contributed by atoms with Crippen molar-refractivity contribution < 1.29 is 5.76 Å². The Kier molecular flexibility index (Phi) is 6.42. The van der Waals surface area contributed by atoms with E-state index < -0.39 is 12.0 Å². The number of pyridine rings is 2. The van der Waals surface area contributed by atoms with Crippen LogP contribution in [0.2, 0.25) is 10.0 Å². The van der Waals surface area contributed by atoms with Crippen LogP contribution in [0.3, 0.4) is 0 Å². The first kappa shape index (κ1) is 24.4. The molecule has 1 fully saturated rings. The molecule has 1 atom stereocenters. The molecule has 198 valence electrons. The topological polar surface area (TPSA) is 125 Å². The monoisotopic (exact) mass is 572 g/mol. The minimum atomic E-state index is -1.58. The number of hydrogen-bond acceptors (Lipinski definition) is 9. The average molecular weight is 573 g/mol. The Hall–Kier alpha value is -4.61. The number of halogens is 3. The maximum Gasteiger partial charge on any atom is 0.231 e. The molecule has 0 unspecified atom stereocenters. The summed E-state index contributed by atoms with van der Waals surface area (Å²) in [6, 6.07) is 14.5. The molecule has 1 saturated carbocycles. The van der Waals surface area contributed by atoms with Gasteiger partial charge in [-0.1, -0.05) is 35.3 Å². The normalized spacial score (nSPS) is 16.3. The van der Waals surface area contributed by atoms with Crippen molar-refractivity contribution >= 4 is 51.2 Å². The number of anilines is 3. The Morgan fingerprint density at radius 2 is 1.90 bits per heavy atom. The molecule has 0 amide bonds. The highest BCUT2D eigenvalue weighted by Gasteiger charge is 2.32. The van der Waals surface area contributed by atoms with E-state index in [0.717, 1.165) is 12.8 Å². The van der Waals surface area contributed by atoms with Crippen molar-refractivity contribution in [3.63, 3.8) is 0 Å². The summed E-state index contributed by atoms with van der Waals surface area (Å²) in [5.41, 5.74) is 9.39. The van der Waals surface area contributed by atoms with Gasteiger partial charge in [0.05, 0.1) is 63.4 Å². The molecule has 0 bridgehead atoms. The molecule has 0 saturated heterocycles. The van der Waals surface area contributed by atoms with Crippen molar-refractivity contribution in [2.75, 3.05) is 10.6 Å². The van der Waals surface area contributed by atoms with E-state index in [0.29, 0.717) is 50.8 Å². The number of hydrazine groups is 2. The van der Waals surface area contributed by atoms with Gasteiger partial charge in [0.1, 0.15) is 6.07 Å². The van der Waals surface area contributed by atoms with Gasteiger partial charge in [0.15, 0.2) is 0 Å². The molecule has 2 aromatic carbocycles. The number of rotatable bonds is 7. The zero-order chi connectivity index (χ0) is 28.7. The number of benzene rings is 2. The van der Waals surface area contributed by atoms with E-state index in [4.69, 9.17) is 23.2 Å². The number of hydrogen-bond donors (Lipinski definition) is 4. The second kappa shape index (κ2) is 10.5. The zero-order valence-corrected chi connectivity index (χ0v) is 22.1. The van der Waals surface area contributed by atoms with Crippen LogP contribution in [0.5, 0.6) is 0 Å². The van der Waals surface area contributed by atoms with E-state index in [9.17, 15) is 16.3 Å². The molecule has 12 heteroatoms. The highest BCUT2D eigenvalue weighted by Crippen LogP contribution is 2.38. The van der Waals surface area contributed by atoms with Crippen molar-refractivity contribution in [2.45, 2.75) is 24.9 Å². The Bertz CT molecular complexity index is 1820. The lowest BCUT2D eigenvalue weighted by atomic mass is 10.0. The molecule has 6 rings (SSSR count). The fourth-order valence-corrected chi connectivity index (χ4v) is 4.81. The lowest BCUT2D eigenvalue weighted by molar-refractivity contribution is 0.260. The largest absolute Gasteiger partial charge is 0.373 e. The summed E-state index contributed by atoms with van der Waals surface area (Å²) in [4.78, 5) is 8.01. The Balaban J connectivity index is 1.47. The highest BCUT2D eigenvalue weighted by atomic mass is 35.5. The molecule has 3 heterocycles. The standard InChI is InChI=1S/C28H20Cl2FN9/c29-22-8-18(7-21-25(17(11-33)12-34-27(21)22)37-19-9-23(30)28(31)35-13-19)36-26(16-3-1-2-15(6-16)10-32)24-14-40(39-38-24)20-4-5-20/h1-3,6-9,12-14,20,26,36,38-39H,4-5H2,(H,34,37)/t26-/m0/s1/i26D. The summed E-state index contributed by atoms with van der Waals surface area (Å²) in [7, 11) is 0. The smallest absolute Gasteiger partial charge is 0.231 e. The average Bonchev–Trinajstić information content (AvgIpc) is 3.70. The summed E-state index contributed by atoms with van der Waals surface area (Å²) in [5.74, 6) is -0.816. The van der Waals surface area contributed by atoms with Crippen LogP contribution in [0.25, 0.3) is 10.9 Å². The van der Waals surface area contributed by atoms with E-state index in [2.05, 4.69) is 43.7 Å². The van der Waals surface area contributed by atoms with Gasteiger partial charge in [0, 0.05) is 29.5 Å². The van der Waals surface area contributed by atoms with Gasteiger partial charge in [0.2, 0.25) is 5.95 Å². The zero-order valence-electron chi connectivity index (χ0n) is 21.6.